The molecule has 5 heterocycles. The molecule has 1 aliphatic rings. The van der Waals surface area contributed by atoms with Gasteiger partial charge in [-0.15, -0.1) is 5.10 Å². The summed E-state index contributed by atoms with van der Waals surface area (Å²) in [7, 11) is 0. The monoisotopic (exact) mass is 377 g/mol. The Hall–Kier alpha value is -3.56. The van der Waals surface area contributed by atoms with Crippen LogP contribution in [0.3, 0.4) is 0 Å². The van der Waals surface area contributed by atoms with E-state index in [0.717, 1.165) is 37.3 Å². The summed E-state index contributed by atoms with van der Waals surface area (Å²) >= 11 is 0. The minimum atomic E-state index is -0.100. The fourth-order valence-electron chi connectivity index (χ4n) is 3.68. The van der Waals surface area contributed by atoms with Gasteiger partial charge in [0, 0.05) is 38.1 Å². The van der Waals surface area contributed by atoms with Gasteiger partial charge in [-0.2, -0.15) is 10.2 Å². The highest BCUT2D eigenvalue weighted by molar-refractivity contribution is 5.68. The van der Waals surface area contributed by atoms with Crippen LogP contribution in [0.1, 0.15) is 12.8 Å². The van der Waals surface area contributed by atoms with Gasteiger partial charge in [-0.25, -0.2) is 23.8 Å². The van der Waals surface area contributed by atoms with Crippen LogP contribution >= 0.6 is 0 Å². The first-order valence-electron chi connectivity index (χ1n) is 9.24. The lowest BCUT2D eigenvalue weighted by molar-refractivity contribution is 0.334. The number of anilines is 1. The van der Waals surface area contributed by atoms with Crippen LogP contribution in [0.15, 0.2) is 54.2 Å². The molecule has 1 aliphatic heterocycles. The summed E-state index contributed by atoms with van der Waals surface area (Å²) < 4.78 is 4.93. The molecular formula is C18H19N9O. The summed E-state index contributed by atoms with van der Waals surface area (Å²) in [6.45, 7) is 2.37. The van der Waals surface area contributed by atoms with Gasteiger partial charge >= 0.3 is 0 Å². The molecule has 0 spiro atoms. The second-order valence-electron chi connectivity index (χ2n) is 6.89. The number of aromatic nitrogens is 8. The Morgan fingerprint density at radius 2 is 1.96 bits per heavy atom. The van der Waals surface area contributed by atoms with Gasteiger partial charge in [0.2, 0.25) is 0 Å². The number of piperidine rings is 1. The van der Waals surface area contributed by atoms with E-state index in [4.69, 9.17) is 0 Å². The molecule has 142 valence electrons. The van der Waals surface area contributed by atoms with Crippen LogP contribution in [0.2, 0.25) is 0 Å². The van der Waals surface area contributed by atoms with Gasteiger partial charge in [-0.05, 0) is 30.9 Å². The third-order valence-corrected chi connectivity index (χ3v) is 5.16. The van der Waals surface area contributed by atoms with Crippen LogP contribution in [0.4, 0.5) is 5.82 Å². The van der Waals surface area contributed by atoms with Crippen LogP contribution in [0, 0.1) is 5.92 Å². The average Bonchev–Trinajstić information content (AvgIpc) is 3.42. The first kappa shape index (κ1) is 16.6. The zero-order valence-corrected chi connectivity index (χ0v) is 15.2. The van der Waals surface area contributed by atoms with Crippen molar-refractivity contribution >= 4 is 11.3 Å². The van der Waals surface area contributed by atoms with E-state index in [1.165, 1.54) is 17.1 Å². The summed E-state index contributed by atoms with van der Waals surface area (Å²) in [4.78, 5) is 23.0. The molecule has 0 aliphatic carbocycles. The molecular weight excluding hydrogens is 358 g/mol. The van der Waals surface area contributed by atoms with Gasteiger partial charge in [0.05, 0.1) is 6.20 Å². The Kier molecular flexibility index (Phi) is 4.08. The lowest BCUT2D eigenvalue weighted by Gasteiger charge is -2.33. The van der Waals surface area contributed by atoms with Crippen LogP contribution < -0.4 is 10.5 Å². The molecule has 5 rings (SSSR count). The van der Waals surface area contributed by atoms with Crippen LogP contribution in [-0.2, 0) is 6.54 Å². The van der Waals surface area contributed by atoms with Crippen molar-refractivity contribution in [3.63, 3.8) is 0 Å². The van der Waals surface area contributed by atoms with Crippen molar-refractivity contribution in [1.82, 2.24) is 39.1 Å². The van der Waals surface area contributed by atoms with E-state index in [2.05, 4.69) is 30.2 Å². The van der Waals surface area contributed by atoms with Gasteiger partial charge in [0.15, 0.2) is 11.6 Å². The molecule has 4 aromatic heterocycles. The van der Waals surface area contributed by atoms with Crippen molar-refractivity contribution in [2.75, 3.05) is 18.0 Å². The number of hydrogen-bond acceptors (Lipinski definition) is 7. The smallest absolute Gasteiger partial charge is 0.266 e. The Balaban J connectivity index is 1.30. The van der Waals surface area contributed by atoms with Gasteiger partial charge in [0.25, 0.3) is 5.56 Å². The van der Waals surface area contributed by atoms with Crippen molar-refractivity contribution in [2.45, 2.75) is 19.4 Å². The summed E-state index contributed by atoms with van der Waals surface area (Å²) in [5, 5.41) is 12.8. The molecule has 0 aromatic carbocycles. The van der Waals surface area contributed by atoms with Gasteiger partial charge in [0.1, 0.15) is 18.2 Å². The lowest BCUT2D eigenvalue weighted by Crippen LogP contribution is -2.37. The largest absolute Gasteiger partial charge is 0.355 e. The Morgan fingerprint density at radius 1 is 1.07 bits per heavy atom. The third-order valence-electron chi connectivity index (χ3n) is 5.16. The molecule has 28 heavy (non-hydrogen) atoms. The van der Waals surface area contributed by atoms with Gasteiger partial charge in [-0.1, -0.05) is 0 Å². The maximum atomic E-state index is 12.2. The van der Waals surface area contributed by atoms with E-state index in [1.807, 2.05) is 16.8 Å². The molecule has 10 heteroatoms. The zero-order valence-electron chi connectivity index (χ0n) is 15.2. The first-order valence-corrected chi connectivity index (χ1v) is 9.24. The fourth-order valence-corrected chi connectivity index (χ4v) is 3.68. The number of nitrogens with zero attached hydrogens (tertiary/aromatic N) is 9. The van der Waals surface area contributed by atoms with Crippen LogP contribution in [0.5, 0.6) is 0 Å². The van der Waals surface area contributed by atoms with Crippen LogP contribution in [-0.4, -0.2) is 52.2 Å². The predicted octanol–water partition coefficient (Wildman–Crippen LogP) is 0.783. The van der Waals surface area contributed by atoms with Gasteiger partial charge in [-0.3, -0.25) is 4.79 Å². The summed E-state index contributed by atoms with van der Waals surface area (Å²) in [6.07, 6.45) is 10.4. The Bertz CT molecular complexity index is 1140. The molecule has 0 radical (unpaired) electrons. The minimum absolute atomic E-state index is 0.100. The maximum Gasteiger partial charge on any atom is 0.266 e. The molecule has 1 fully saturated rings. The highest BCUT2D eigenvalue weighted by atomic mass is 16.1. The Morgan fingerprint density at radius 3 is 2.79 bits per heavy atom. The molecule has 0 amide bonds. The maximum absolute atomic E-state index is 12.2. The number of fused-ring (bicyclic) bond motifs is 1. The normalized spacial score (nSPS) is 15.4. The second kappa shape index (κ2) is 6.87. The molecule has 0 bridgehead atoms. The minimum Gasteiger partial charge on any atom is -0.355 e. The lowest BCUT2D eigenvalue weighted by atomic mass is 9.97. The number of hydrogen-bond donors (Lipinski definition) is 0. The van der Waals surface area contributed by atoms with Crippen molar-refractivity contribution in [3.05, 3.63) is 59.8 Å². The van der Waals surface area contributed by atoms with Crippen molar-refractivity contribution < 1.29 is 0 Å². The third kappa shape index (κ3) is 3.02. The van der Waals surface area contributed by atoms with E-state index in [9.17, 15) is 4.79 Å². The molecule has 0 N–H and O–H groups in total. The molecule has 0 atom stereocenters. The topological polar surface area (TPSA) is 99.0 Å². The first-order chi connectivity index (χ1) is 13.8. The van der Waals surface area contributed by atoms with E-state index in [0.29, 0.717) is 18.3 Å². The summed E-state index contributed by atoms with van der Waals surface area (Å²) in [5.74, 6) is 1.94. The summed E-state index contributed by atoms with van der Waals surface area (Å²) in [6, 6.07) is 5.17. The Labute approximate surface area is 160 Å². The van der Waals surface area contributed by atoms with E-state index < -0.39 is 0 Å². The van der Waals surface area contributed by atoms with Crippen molar-refractivity contribution in [3.8, 4) is 5.82 Å². The van der Waals surface area contributed by atoms with E-state index >= 15 is 0 Å². The molecule has 4 aromatic rings. The van der Waals surface area contributed by atoms with Crippen molar-refractivity contribution in [1.29, 1.82) is 0 Å². The fraction of sp³-hybridized carbons (Fsp3) is 0.333. The SMILES string of the molecule is O=c1ccc(-n2cncn2)nn1CC1CCN(c2nccn3nccc23)CC1. The second-order valence-corrected chi connectivity index (χ2v) is 6.89. The summed E-state index contributed by atoms with van der Waals surface area (Å²) in [5.41, 5.74) is 0.913. The van der Waals surface area contributed by atoms with E-state index in [1.54, 1.807) is 29.5 Å². The molecule has 10 nitrogen and oxygen atoms in total. The van der Waals surface area contributed by atoms with E-state index in [-0.39, 0.29) is 5.56 Å². The standard InChI is InChI=1S/C18H19N9O/c28-17-2-1-16(27-13-19-12-22-27)23-26(17)11-14-4-8-24(9-5-14)18-15-3-6-21-25(15)10-7-20-18/h1-3,6-7,10,12-14H,4-5,8-9,11H2. The predicted molar refractivity (Wildman–Crippen MR) is 101 cm³/mol. The van der Waals surface area contributed by atoms with Gasteiger partial charge < -0.3 is 4.90 Å². The quantitative estimate of drug-likeness (QED) is 0.518. The van der Waals surface area contributed by atoms with Crippen molar-refractivity contribution in [2.24, 2.45) is 5.92 Å². The number of rotatable bonds is 4. The molecule has 0 saturated carbocycles. The molecule has 1 saturated heterocycles. The molecule has 0 unspecified atom stereocenters. The average molecular weight is 377 g/mol. The van der Waals surface area contributed by atoms with Crippen LogP contribution in [0.25, 0.3) is 11.3 Å². The highest BCUT2D eigenvalue weighted by Crippen LogP contribution is 2.25. The zero-order chi connectivity index (χ0) is 18.9. The highest BCUT2D eigenvalue weighted by Gasteiger charge is 2.23.